The summed E-state index contributed by atoms with van der Waals surface area (Å²) in [5.74, 6) is 0.469. The number of nitrogens with zero attached hydrogens (tertiary/aromatic N) is 3. The number of carbonyl (C=O) groups excluding carboxylic acids is 1. The predicted octanol–water partition coefficient (Wildman–Crippen LogP) is 1.55. The van der Waals surface area contributed by atoms with Gasteiger partial charge in [-0.1, -0.05) is 5.16 Å². The fourth-order valence-electron chi connectivity index (χ4n) is 2.97. The number of ether oxygens (including phenoxy) is 2. The van der Waals surface area contributed by atoms with Gasteiger partial charge in [-0.3, -0.25) is 4.79 Å². The molecule has 2 aromatic rings. The Balaban J connectivity index is 1.57. The maximum Gasteiger partial charge on any atom is 0.292 e. The summed E-state index contributed by atoms with van der Waals surface area (Å²) in [5, 5.41) is 3.72. The van der Waals surface area contributed by atoms with Crippen LogP contribution in [0.25, 0.3) is 0 Å². The minimum Gasteiger partial charge on any atom is -0.491 e. The van der Waals surface area contributed by atoms with Gasteiger partial charge in [-0.05, 0) is 38.1 Å². The number of piperazine rings is 1. The van der Waals surface area contributed by atoms with Crippen LogP contribution in [0, 0.1) is 6.92 Å². The summed E-state index contributed by atoms with van der Waals surface area (Å²) in [6.07, 6.45) is 0. The Morgan fingerprint density at radius 2 is 1.83 bits per heavy atom. The highest BCUT2D eigenvalue weighted by Crippen LogP contribution is 2.21. The van der Waals surface area contributed by atoms with E-state index in [0.29, 0.717) is 31.3 Å². The zero-order valence-electron chi connectivity index (χ0n) is 16.5. The lowest BCUT2D eigenvalue weighted by Gasteiger charge is -2.33. The lowest BCUT2D eigenvalue weighted by atomic mass is 10.3. The monoisotopic (exact) mass is 423 g/mol. The van der Waals surface area contributed by atoms with Crippen molar-refractivity contribution in [2.75, 3.05) is 46.0 Å². The van der Waals surface area contributed by atoms with Crippen molar-refractivity contribution in [3.63, 3.8) is 0 Å². The summed E-state index contributed by atoms with van der Waals surface area (Å²) >= 11 is 0. The smallest absolute Gasteiger partial charge is 0.292 e. The van der Waals surface area contributed by atoms with E-state index in [9.17, 15) is 13.2 Å². The second-order valence-corrected chi connectivity index (χ2v) is 8.48. The highest BCUT2D eigenvalue weighted by atomic mass is 32.2. The van der Waals surface area contributed by atoms with E-state index in [4.69, 9.17) is 14.0 Å². The summed E-state index contributed by atoms with van der Waals surface area (Å²) in [6.45, 7) is 6.16. The second kappa shape index (κ2) is 9.38. The minimum atomic E-state index is -3.64. The van der Waals surface area contributed by atoms with E-state index in [1.807, 2.05) is 6.92 Å². The van der Waals surface area contributed by atoms with Gasteiger partial charge in [-0.2, -0.15) is 4.31 Å². The number of hydrogen-bond donors (Lipinski definition) is 0. The Bertz CT molecular complexity index is 918. The minimum absolute atomic E-state index is 0.165. The third-order valence-corrected chi connectivity index (χ3v) is 6.44. The number of sulfonamides is 1. The molecule has 0 aliphatic carbocycles. The second-order valence-electron chi connectivity index (χ2n) is 6.55. The summed E-state index contributed by atoms with van der Waals surface area (Å²) in [6, 6.07) is 7.89. The zero-order chi connectivity index (χ0) is 20.9. The Morgan fingerprint density at radius 3 is 2.41 bits per heavy atom. The van der Waals surface area contributed by atoms with E-state index in [1.54, 1.807) is 30.0 Å². The number of amides is 1. The first-order valence-electron chi connectivity index (χ1n) is 9.45. The Kier molecular flexibility index (Phi) is 6.88. The molecule has 1 aromatic heterocycles. The van der Waals surface area contributed by atoms with Gasteiger partial charge in [0.05, 0.1) is 17.2 Å². The van der Waals surface area contributed by atoms with Crippen LogP contribution in [0.4, 0.5) is 0 Å². The average Bonchev–Trinajstić information content (AvgIpc) is 3.17. The van der Waals surface area contributed by atoms with Crippen LogP contribution in [0.5, 0.6) is 5.75 Å². The van der Waals surface area contributed by atoms with Crippen molar-refractivity contribution in [1.29, 1.82) is 0 Å². The number of benzene rings is 1. The first-order valence-corrected chi connectivity index (χ1v) is 10.9. The molecule has 0 bridgehead atoms. The predicted molar refractivity (Wildman–Crippen MR) is 104 cm³/mol. The van der Waals surface area contributed by atoms with E-state index in [0.717, 1.165) is 0 Å². The molecule has 0 spiro atoms. The summed E-state index contributed by atoms with van der Waals surface area (Å²) in [4.78, 5) is 14.2. The van der Waals surface area contributed by atoms with Gasteiger partial charge in [-0.15, -0.1) is 0 Å². The number of aryl methyl sites for hydroxylation is 1. The largest absolute Gasteiger partial charge is 0.491 e. The fraction of sp³-hybridized carbons (Fsp3) is 0.474. The van der Waals surface area contributed by atoms with Gasteiger partial charge in [0, 0.05) is 38.9 Å². The van der Waals surface area contributed by atoms with Crippen LogP contribution in [0.2, 0.25) is 0 Å². The summed E-state index contributed by atoms with van der Waals surface area (Å²) < 4.78 is 42.9. The molecule has 10 heteroatoms. The molecule has 29 heavy (non-hydrogen) atoms. The van der Waals surface area contributed by atoms with E-state index in [-0.39, 0.29) is 42.7 Å². The topological polar surface area (TPSA) is 102 Å². The van der Waals surface area contributed by atoms with Crippen LogP contribution in [0.15, 0.2) is 39.8 Å². The summed E-state index contributed by atoms with van der Waals surface area (Å²) in [7, 11) is -3.64. The van der Waals surface area contributed by atoms with Crippen molar-refractivity contribution in [1.82, 2.24) is 14.4 Å². The third kappa shape index (κ3) is 5.14. The normalized spacial score (nSPS) is 15.4. The first-order chi connectivity index (χ1) is 13.9. The molecule has 1 fully saturated rings. The third-order valence-electron chi connectivity index (χ3n) is 4.53. The number of hydrogen-bond acceptors (Lipinski definition) is 7. The van der Waals surface area contributed by atoms with E-state index < -0.39 is 10.0 Å². The average molecular weight is 423 g/mol. The Morgan fingerprint density at radius 1 is 1.14 bits per heavy atom. The van der Waals surface area contributed by atoms with Gasteiger partial charge >= 0.3 is 0 Å². The molecule has 1 amide bonds. The molecule has 3 rings (SSSR count). The molecule has 158 valence electrons. The molecule has 0 saturated carbocycles. The van der Waals surface area contributed by atoms with Gasteiger partial charge in [0.15, 0.2) is 0 Å². The van der Waals surface area contributed by atoms with Crippen molar-refractivity contribution >= 4 is 15.9 Å². The number of rotatable bonds is 8. The Labute approximate surface area is 170 Å². The van der Waals surface area contributed by atoms with Crippen molar-refractivity contribution in [3.8, 4) is 5.75 Å². The molecule has 0 radical (unpaired) electrons. The molecule has 1 aliphatic rings. The maximum atomic E-state index is 12.9. The molecule has 0 unspecified atom stereocenters. The lowest BCUT2D eigenvalue weighted by molar-refractivity contribution is 0.0656. The molecule has 9 nitrogen and oxygen atoms in total. The quantitative estimate of drug-likeness (QED) is 0.594. The number of aromatic nitrogens is 1. The van der Waals surface area contributed by atoms with E-state index in [2.05, 4.69) is 5.16 Å². The van der Waals surface area contributed by atoms with Crippen LogP contribution in [0.1, 0.15) is 23.2 Å². The molecule has 1 saturated heterocycles. The van der Waals surface area contributed by atoms with Crippen LogP contribution in [0.3, 0.4) is 0 Å². The zero-order valence-corrected chi connectivity index (χ0v) is 17.4. The van der Waals surface area contributed by atoms with Crippen LogP contribution in [-0.2, 0) is 14.8 Å². The Hall–Kier alpha value is -2.43. The van der Waals surface area contributed by atoms with Crippen molar-refractivity contribution < 1.29 is 27.2 Å². The fourth-order valence-corrected chi connectivity index (χ4v) is 4.39. The van der Waals surface area contributed by atoms with E-state index in [1.165, 1.54) is 16.4 Å². The van der Waals surface area contributed by atoms with Crippen LogP contribution < -0.4 is 4.74 Å². The van der Waals surface area contributed by atoms with Crippen LogP contribution in [-0.4, -0.2) is 74.7 Å². The standard InChI is InChI=1S/C19H25N3O6S/c1-3-26-12-13-27-16-4-6-17(7-5-16)29(24,25)22-10-8-21(9-11-22)19(23)18-14-15(2)20-28-18/h4-7,14H,3,8-13H2,1-2H3. The molecule has 2 heterocycles. The maximum absolute atomic E-state index is 12.9. The highest BCUT2D eigenvalue weighted by Gasteiger charge is 2.31. The summed E-state index contributed by atoms with van der Waals surface area (Å²) in [5.41, 5.74) is 0.625. The molecular weight excluding hydrogens is 398 g/mol. The number of carbonyl (C=O) groups is 1. The highest BCUT2D eigenvalue weighted by molar-refractivity contribution is 7.89. The van der Waals surface area contributed by atoms with Gasteiger partial charge < -0.3 is 18.9 Å². The van der Waals surface area contributed by atoms with Gasteiger partial charge in [-0.25, -0.2) is 8.42 Å². The molecular formula is C19H25N3O6S. The molecule has 1 aromatic carbocycles. The first kappa shape index (κ1) is 21.3. The lowest BCUT2D eigenvalue weighted by Crippen LogP contribution is -2.50. The van der Waals surface area contributed by atoms with E-state index >= 15 is 0 Å². The van der Waals surface area contributed by atoms with Crippen molar-refractivity contribution in [2.24, 2.45) is 0 Å². The van der Waals surface area contributed by atoms with Gasteiger partial charge in [0.1, 0.15) is 12.4 Å². The van der Waals surface area contributed by atoms with Gasteiger partial charge in [0.25, 0.3) is 5.91 Å². The van der Waals surface area contributed by atoms with Crippen molar-refractivity contribution in [2.45, 2.75) is 18.7 Å². The molecule has 0 N–H and O–H groups in total. The van der Waals surface area contributed by atoms with Crippen LogP contribution >= 0.6 is 0 Å². The van der Waals surface area contributed by atoms with Crippen molar-refractivity contribution in [3.05, 3.63) is 41.8 Å². The van der Waals surface area contributed by atoms with Gasteiger partial charge in [0.2, 0.25) is 15.8 Å². The molecule has 1 aliphatic heterocycles. The molecule has 0 atom stereocenters. The SMILES string of the molecule is CCOCCOc1ccc(S(=O)(=O)N2CCN(C(=O)c3cc(C)no3)CC2)cc1.